The number of hydrogen-bond donors (Lipinski definition) is 1. The molecule has 0 spiro atoms. The number of nitrogens with one attached hydrogen (secondary N) is 1. The van der Waals surface area contributed by atoms with Gasteiger partial charge in [0.15, 0.2) is 0 Å². The number of ether oxygens (including phenoxy) is 1. The van der Waals surface area contributed by atoms with Crippen molar-refractivity contribution in [2.75, 3.05) is 18.5 Å². The van der Waals surface area contributed by atoms with Crippen molar-refractivity contribution in [1.29, 1.82) is 0 Å². The molecule has 0 aliphatic carbocycles. The topological polar surface area (TPSA) is 81.5 Å². The van der Waals surface area contributed by atoms with Gasteiger partial charge < -0.3 is 10.1 Å². The van der Waals surface area contributed by atoms with Crippen LogP contribution in [-0.2, 0) is 9.53 Å². The Balaban J connectivity index is 2.74. The van der Waals surface area contributed by atoms with Gasteiger partial charge in [-0.2, -0.15) is 0 Å². The maximum Gasteiger partial charge on any atom is 0.307 e. The average Bonchev–Trinajstić information content (AvgIpc) is 2.33. The Morgan fingerprint density at radius 3 is 2.84 bits per heavy atom. The monoisotopic (exact) mass is 290 g/mol. The van der Waals surface area contributed by atoms with E-state index in [-0.39, 0.29) is 30.3 Å². The van der Waals surface area contributed by atoms with Crippen LogP contribution in [0.15, 0.2) is 12.1 Å². The number of nitro benzene ring substituents is 1. The standard InChI is InChI=1S/C11H12ClFN2O4/c1-2-19-11(16)3-4-14-9-5-7(12)8(13)6-10(9)15(17)18/h5-6,14H,2-4H2,1H3. The summed E-state index contributed by atoms with van der Waals surface area (Å²) in [5.74, 6) is -1.30. The lowest BCUT2D eigenvalue weighted by Crippen LogP contribution is -2.12. The zero-order chi connectivity index (χ0) is 14.4. The molecule has 0 fully saturated rings. The zero-order valence-corrected chi connectivity index (χ0v) is 10.9. The van der Waals surface area contributed by atoms with Crippen molar-refractivity contribution in [1.82, 2.24) is 0 Å². The first-order valence-electron chi connectivity index (χ1n) is 5.48. The first kappa shape index (κ1) is 15.2. The summed E-state index contributed by atoms with van der Waals surface area (Å²) in [6.45, 7) is 2.07. The van der Waals surface area contributed by atoms with Crippen molar-refractivity contribution < 1.29 is 18.8 Å². The quantitative estimate of drug-likeness (QED) is 0.495. The molecule has 1 rings (SSSR count). The summed E-state index contributed by atoms with van der Waals surface area (Å²) < 4.78 is 17.8. The summed E-state index contributed by atoms with van der Waals surface area (Å²) in [6, 6.07) is 1.84. The summed E-state index contributed by atoms with van der Waals surface area (Å²) in [4.78, 5) is 21.1. The summed E-state index contributed by atoms with van der Waals surface area (Å²) in [5.41, 5.74) is -0.383. The molecule has 0 aromatic heterocycles. The second-order valence-corrected chi connectivity index (χ2v) is 3.93. The summed E-state index contributed by atoms with van der Waals surface area (Å²) >= 11 is 5.55. The third kappa shape index (κ3) is 4.36. The molecule has 0 radical (unpaired) electrons. The summed E-state index contributed by atoms with van der Waals surface area (Å²) in [5, 5.41) is 13.2. The van der Waals surface area contributed by atoms with Crippen molar-refractivity contribution >= 4 is 28.9 Å². The maximum absolute atomic E-state index is 13.1. The molecule has 1 aromatic carbocycles. The van der Waals surface area contributed by atoms with Gasteiger partial charge in [-0.3, -0.25) is 14.9 Å². The van der Waals surface area contributed by atoms with Crippen molar-refractivity contribution in [2.45, 2.75) is 13.3 Å². The van der Waals surface area contributed by atoms with Crippen LogP contribution in [0, 0.1) is 15.9 Å². The van der Waals surface area contributed by atoms with Gasteiger partial charge in [0, 0.05) is 6.54 Å². The molecule has 6 nitrogen and oxygen atoms in total. The highest BCUT2D eigenvalue weighted by Gasteiger charge is 2.17. The van der Waals surface area contributed by atoms with Gasteiger partial charge in [-0.05, 0) is 13.0 Å². The smallest absolute Gasteiger partial charge is 0.307 e. The number of carbonyl (C=O) groups is 1. The van der Waals surface area contributed by atoms with Crippen LogP contribution in [0.25, 0.3) is 0 Å². The minimum Gasteiger partial charge on any atom is -0.466 e. The molecular weight excluding hydrogens is 279 g/mol. The van der Waals surface area contributed by atoms with Crippen LogP contribution in [0.5, 0.6) is 0 Å². The molecular formula is C11H12ClFN2O4. The normalized spacial score (nSPS) is 10.1. The van der Waals surface area contributed by atoms with Gasteiger partial charge in [-0.25, -0.2) is 4.39 Å². The highest BCUT2D eigenvalue weighted by molar-refractivity contribution is 6.31. The van der Waals surface area contributed by atoms with Crippen molar-refractivity contribution in [3.8, 4) is 0 Å². The second kappa shape index (κ2) is 6.89. The Labute approximate surface area is 113 Å². The van der Waals surface area contributed by atoms with E-state index in [1.165, 1.54) is 0 Å². The van der Waals surface area contributed by atoms with E-state index in [0.29, 0.717) is 0 Å². The van der Waals surface area contributed by atoms with Gasteiger partial charge in [0.05, 0.1) is 29.0 Å². The molecule has 1 N–H and O–H groups in total. The first-order chi connectivity index (χ1) is 8.95. The first-order valence-corrected chi connectivity index (χ1v) is 5.86. The minimum atomic E-state index is -0.871. The van der Waals surface area contributed by atoms with Crippen LogP contribution in [0.3, 0.4) is 0 Å². The second-order valence-electron chi connectivity index (χ2n) is 3.52. The van der Waals surface area contributed by atoms with Gasteiger partial charge in [-0.1, -0.05) is 11.6 Å². The van der Waals surface area contributed by atoms with Gasteiger partial charge in [0.1, 0.15) is 11.5 Å². The van der Waals surface area contributed by atoms with Crippen LogP contribution >= 0.6 is 11.6 Å². The largest absolute Gasteiger partial charge is 0.466 e. The Morgan fingerprint density at radius 2 is 2.26 bits per heavy atom. The molecule has 0 bridgehead atoms. The molecule has 1 aromatic rings. The third-order valence-corrected chi connectivity index (χ3v) is 2.47. The van der Waals surface area contributed by atoms with E-state index in [1.807, 2.05) is 0 Å². The Kier molecular flexibility index (Phi) is 5.50. The Bertz CT molecular complexity index is 496. The number of benzene rings is 1. The highest BCUT2D eigenvalue weighted by atomic mass is 35.5. The number of nitro groups is 1. The molecule has 8 heteroatoms. The van der Waals surface area contributed by atoms with E-state index in [1.54, 1.807) is 6.92 Å². The Morgan fingerprint density at radius 1 is 1.58 bits per heavy atom. The fraction of sp³-hybridized carbons (Fsp3) is 0.364. The van der Waals surface area contributed by atoms with Gasteiger partial charge >= 0.3 is 5.97 Å². The van der Waals surface area contributed by atoms with Crippen molar-refractivity contribution in [3.05, 3.63) is 33.1 Å². The predicted octanol–water partition coefficient (Wildman–Crippen LogP) is 2.75. The van der Waals surface area contributed by atoms with E-state index in [2.05, 4.69) is 5.32 Å². The van der Waals surface area contributed by atoms with Crippen LogP contribution in [0.2, 0.25) is 5.02 Å². The molecule has 19 heavy (non-hydrogen) atoms. The number of anilines is 1. The van der Waals surface area contributed by atoms with Crippen LogP contribution in [0.1, 0.15) is 13.3 Å². The lowest BCUT2D eigenvalue weighted by atomic mass is 10.2. The number of hydrogen-bond acceptors (Lipinski definition) is 5. The SMILES string of the molecule is CCOC(=O)CCNc1cc(Cl)c(F)cc1[N+](=O)[O-]. The molecule has 0 aliphatic rings. The van der Waals surface area contributed by atoms with E-state index < -0.39 is 22.4 Å². The van der Waals surface area contributed by atoms with Crippen molar-refractivity contribution in [3.63, 3.8) is 0 Å². The molecule has 0 atom stereocenters. The van der Waals surface area contributed by atoms with Gasteiger partial charge in [0.2, 0.25) is 0 Å². The summed E-state index contributed by atoms with van der Waals surface area (Å²) in [6.07, 6.45) is 0.0417. The molecule has 0 amide bonds. The lowest BCUT2D eigenvalue weighted by Gasteiger charge is -2.07. The minimum absolute atomic E-state index is 0.0417. The summed E-state index contributed by atoms with van der Waals surface area (Å²) in [7, 11) is 0. The number of halogens is 2. The van der Waals surface area contributed by atoms with E-state index in [9.17, 15) is 19.3 Å². The number of carbonyl (C=O) groups excluding carboxylic acids is 1. The zero-order valence-electron chi connectivity index (χ0n) is 10.1. The number of esters is 1. The fourth-order valence-electron chi connectivity index (χ4n) is 1.36. The van der Waals surface area contributed by atoms with Crippen LogP contribution < -0.4 is 5.32 Å². The fourth-order valence-corrected chi connectivity index (χ4v) is 1.53. The van der Waals surface area contributed by atoms with E-state index in [0.717, 1.165) is 12.1 Å². The molecule has 0 saturated heterocycles. The molecule has 104 valence electrons. The molecule has 0 heterocycles. The highest BCUT2D eigenvalue weighted by Crippen LogP contribution is 2.30. The van der Waals surface area contributed by atoms with Crippen molar-refractivity contribution in [2.24, 2.45) is 0 Å². The number of rotatable bonds is 6. The Hall–Kier alpha value is -1.89. The molecule has 0 saturated carbocycles. The van der Waals surface area contributed by atoms with E-state index >= 15 is 0 Å². The third-order valence-electron chi connectivity index (χ3n) is 2.19. The van der Waals surface area contributed by atoms with Crippen LogP contribution in [-0.4, -0.2) is 24.0 Å². The molecule has 0 unspecified atom stereocenters. The average molecular weight is 291 g/mol. The van der Waals surface area contributed by atoms with E-state index in [4.69, 9.17) is 16.3 Å². The lowest BCUT2D eigenvalue weighted by molar-refractivity contribution is -0.384. The van der Waals surface area contributed by atoms with Crippen LogP contribution in [0.4, 0.5) is 15.8 Å². The van der Waals surface area contributed by atoms with Gasteiger partial charge in [0.25, 0.3) is 5.69 Å². The predicted molar refractivity (Wildman–Crippen MR) is 67.8 cm³/mol. The molecule has 0 aliphatic heterocycles. The van der Waals surface area contributed by atoms with Gasteiger partial charge in [-0.15, -0.1) is 0 Å². The number of nitrogens with zero attached hydrogens (tertiary/aromatic N) is 1. The maximum atomic E-state index is 13.1.